The number of methoxy groups -OCH3 is 1. The molecule has 94 valence electrons. The molecule has 1 amide bonds. The molecule has 1 heterocycles. The number of nitriles is 1. The molecule has 0 spiro atoms. The number of amides is 1. The summed E-state index contributed by atoms with van der Waals surface area (Å²) in [7, 11) is -2.01. The van der Waals surface area contributed by atoms with Crippen LogP contribution in [0.3, 0.4) is 0 Å². The van der Waals surface area contributed by atoms with Crippen LogP contribution in [0.2, 0.25) is 0 Å². The monoisotopic (exact) mass is 277 g/mol. The van der Waals surface area contributed by atoms with Crippen LogP contribution in [0.1, 0.15) is 12.6 Å². The molecule has 0 unspecified atom stereocenters. The fourth-order valence-electron chi connectivity index (χ4n) is 0.575. The number of hydrogen-bond donors (Lipinski definition) is 1. The second-order valence-electron chi connectivity index (χ2n) is 2.54. The third kappa shape index (κ3) is 5.28. The van der Waals surface area contributed by atoms with Gasteiger partial charge in [0.05, 0.1) is 12.9 Å². The Balaban J connectivity index is 0.000000437. The molecule has 0 atom stereocenters. The van der Waals surface area contributed by atoms with E-state index in [0.717, 1.165) is 11.3 Å². The van der Waals surface area contributed by atoms with E-state index < -0.39 is 15.9 Å². The highest BCUT2D eigenvalue weighted by Gasteiger charge is 2.15. The van der Waals surface area contributed by atoms with Gasteiger partial charge in [-0.05, 0) is 0 Å². The van der Waals surface area contributed by atoms with E-state index in [0.29, 0.717) is 0 Å². The average Bonchev–Trinajstić information content (AvgIpc) is 2.79. The highest BCUT2D eigenvalue weighted by molar-refractivity contribution is 7.93. The Hall–Kier alpha value is -1.66. The van der Waals surface area contributed by atoms with Crippen molar-refractivity contribution in [3.63, 3.8) is 0 Å². The fraction of sp³-hybridized carbons (Fsp3) is 0.375. The number of ether oxygens (including phenoxy) is 1. The van der Waals surface area contributed by atoms with E-state index in [-0.39, 0.29) is 15.8 Å². The highest BCUT2D eigenvalue weighted by atomic mass is 32.2. The standard InChI is InChI=1S/C6H6N2O2S2.C2H5NO2/c1-2-12(9,10)6-8-5(3-7)4-11-6;1-5-2(3)4/h4H,2H2,1H3;1H3,(H2,3,4). The third-order valence-electron chi connectivity index (χ3n) is 1.44. The van der Waals surface area contributed by atoms with Crippen LogP contribution >= 0.6 is 11.3 Å². The zero-order valence-electron chi connectivity index (χ0n) is 9.21. The van der Waals surface area contributed by atoms with Crippen LogP contribution in [0.4, 0.5) is 4.79 Å². The normalized spacial score (nSPS) is 9.71. The summed E-state index contributed by atoms with van der Waals surface area (Å²) in [5.74, 6) is 0.0192. The van der Waals surface area contributed by atoms with Gasteiger partial charge in [0.25, 0.3) is 0 Å². The lowest BCUT2D eigenvalue weighted by Gasteiger charge is -1.91. The SMILES string of the molecule is CCS(=O)(=O)c1nc(C#N)cs1.COC(N)=O. The summed E-state index contributed by atoms with van der Waals surface area (Å²) in [6, 6.07) is 1.78. The minimum atomic E-state index is -3.23. The van der Waals surface area contributed by atoms with Crippen LogP contribution in [-0.4, -0.2) is 32.4 Å². The van der Waals surface area contributed by atoms with Crippen LogP contribution in [0.25, 0.3) is 0 Å². The van der Waals surface area contributed by atoms with Crippen molar-refractivity contribution in [3.8, 4) is 6.07 Å². The smallest absolute Gasteiger partial charge is 0.404 e. The number of nitrogens with zero attached hydrogens (tertiary/aromatic N) is 2. The van der Waals surface area contributed by atoms with Gasteiger partial charge in [0.2, 0.25) is 14.2 Å². The molecule has 0 saturated heterocycles. The van der Waals surface area contributed by atoms with E-state index in [1.807, 2.05) is 0 Å². The molecule has 7 nitrogen and oxygen atoms in total. The van der Waals surface area contributed by atoms with Gasteiger partial charge in [-0.15, -0.1) is 11.3 Å². The molecule has 1 aromatic heterocycles. The van der Waals surface area contributed by atoms with Crippen molar-refractivity contribution in [1.29, 1.82) is 5.26 Å². The van der Waals surface area contributed by atoms with Crippen molar-refractivity contribution in [1.82, 2.24) is 4.98 Å². The van der Waals surface area contributed by atoms with Crippen molar-refractivity contribution >= 4 is 27.3 Å². The Morgan fingerprint density at radius 3 is 2.53 bits per heavy atom. The van der Waals surface area contributed by atoms with Crippen LogP contribution in [0.5, 0.6) is 0 Å². The molecular weight excluding hydrogens is 266 g/mol. The average molecular weight is 277 g/mol. The summed E-state index contributed by atoms with van der Waals surface area (Å²) in [6.07, 6.45) is -0.745. The molecule has 0 aliphatic heterocycles. The maximum atomic E-state index is 11.2. The molecule has 1 rings (SSSR count). The Labute approximate surface area is 103 Å². The van der Waals surface area contributed by atoms with Crippen LogP contribution < -0.4 is 5.73 Å². The van der Waals surface area contributed by atoms with E-state index in [1.165, 1.54) is 12.5 Å². The number of sulfone groups is 1. The highest BCUT2D eigenvalue weighted by Crippen LogP contribution is 2.16. The molecule has 0 fully saturated rings. The summed E-state index contributed by atoms with van der Waals surface area (Å²) in [5.41, 5.74) is 4.59. The maximum absolute atomic E-state index is 11.2. The first-order valence-electron chi connectivity index (χ1n) is 4.29. The number of rotatable bonds is 2. The van der Waals surface area contributed by atoms with Gasteiger partial charge in [-0.1, -0.05) is 6.92 Å². The molecule has 2 N–H and O–H groups in total. The molecule has 0 bridgehead atoms. The summed E-state index contributed by atoms with van der Waals surface area (Å²) in [4.78, 5) is 13.0. The van der Waals surface area contributed by atoms with Gasteiger partial charge < -0.3 is 10.5 Å². The Kier molecular flexibility index (Phi) is 6.16. The number of primary amides is 1. The maximum Gasteiger partial charge on any atom is 0.404 e. The van der Waals surface area contributed by atoms with Gasteiger partial charge in [-0.25, -0.2) is 18.2 Å². The van der Waals surface area contributed by atoms with Gasteiger partial charge >= 0.3 is 6.09 Å². The van der Waals surface area contributed by atoms with Crippen molar-refractivity contribution in [2.24, 2.45) is 5.73 Å². The van der Waals surface area contributed by atoms with E-state index in [2.05, 4.69) is 15.5 Å². The summed E-state index contributed by atoms with van der Waals surface area (Å²) in [6.45, 7) is 1.54. The van der Waals surface area contributed by atoms with Crippen LogP contribution in [0.15, 0.2) is 9.72 Å². The van der Waals surface area contributed by atoms with Gasteiger partial charge in [0.15, 0.2) is 5.69 Å². The minimum Gasteiger partial charge on any atom is -0.453 e. The number of hydrogen-bond acceptors (Lipinski definition) is 7. The van der Waals surface area contributed by atoms with E-state index in [1.54, 1.807) is 13.0 Å². The van der Waals surface area contributed by atoms with Gasteiger partial charge in [-0.2, -0.15) is 5.26 Å². The number of nitrogens with two attached hydrogens (primary N) is 1. The van der Waals surface area contributed by atoms with Crippen molar-refractivity contribution in [2.75, 3.05) is 12.9 Å². The first-order valence-corrected chi connectivity index (χ1v) is 6.82. The molecule has 1 aromatic rings. The molecular formula is C8H11N3O4S2. The lowest BCUT2D eigenvalue weighted by atomic mass is 10.6. The zero-order chi connectivity index (χ0) is 13.5. The summed E-state index contributed by atoms with van der Waals surface area (Å²) >= 11 is 0.984. The zero-order valence-corrected chi connectivity index (χ0v) is 10.8. The second kappa shape index (κ2) is 6.82. The van der Waals surface area contributed by atoms with Gasteiger partial charge in [0.1, 0.15) is 6.07 Å². The van der Waals surface area contributed by atoms with Gasteiger partial charge in [-0.3, -0.25) is 0 Å². The molecule has 0 saturated carbocycles. The minimum absolute atomic E-state index is 0.0192. The Morgan fingerprint density at radius 2 is 2.24 bits per heavy atom. The predicted octanol–water partition coefficient (Wildman–Crippen LogP) is 0.520. The molecule has 0 radical (unpaired) electrons. The van der Waals surface area contributed by atoms with Crippen molar-refractivity contribution in [3.05, 3.63) is 11.1 Å². The lowest BCUT2D eigenvalue weighted by Crippen LogP contribution is -2.08. The molecule has 17 heavy (non-hydrogen) atoms. The topological polar surface area (TPSA) is 123 Å². The van der Waals surface area contributed by atoms with Gasteiger partial charge in [0, 0.05) is 5.38 Å². The lowest BCUT2D eigenvalue weighted by molar-refractivity contribution is 0.182. The van der Waals surface area contributed by atoms with Crippen molar-refractivity contribution < 1.29 is 17.9 Å². The number of carbonyl (C=O) groups excluding carboxylic acids is 1. The number of thiazole rings is 1. The van der Waals surface area contributed by atoms with Crippen LogP contribution in [0, 0.1) is 11.3 Å². The van der Waals surface area contributed by atoms with E-state index in [9.17, 15) is 13.2 Å². The molecule has 0 aliphatic rings. The third-order valence-corrected chi connectivity index (χ3v) is 4.51. The summed E-state index contributed by atoms with van der Waals surface area (Å²) < 4.78 is 26.3. The van der Waals surface area contributed by atoms with Crippen molar-refractivity contribution in [2.45, 2.75) is 11.3 Å². The summed E-state index contributed by atoms with van der Waals surface area (Å²) in [5, 5.41) is 9.82. The fourth-order valence-corrected chi connectivity index (χ4v) is 2.61. The predicted molar refractivity (Wildman–Crippen MR) is 61.1 cm³/mol. The molecule has 9 heteroatoms. The Morgan fingerprint density at radius 1 is 1.71 bits per heavy atom. The molecule has 0 aromatic carbocycles. The molecule has 0 aliphatic carbocycles. The van der Waals surface area contributed by atoms with E-state index >= 15 is 0 Å². The van der Waals surface area contributed by atoms with E-state index in [4.69, 9.17) is 5.26 Å². The Bertz CT molecular complexity index is 515. The first-order chi connectivity index (χ1) is 7.87. The quantitative estimate of drug-likeness (QED) is 0.840. The second-order valence-corrected chi connectivity index (χ2v) is 5.85. The number of carbonyl (C=O) groups is 1. The largest absolute Gasteiger partial charge is 0.453 e. The first kappa shape index (κ1) is 15.3. The van der Waals surface area contributed by atoms with Crippen LogP contribution in [-0.2, 0) is 14.6 Å². The number of aromatic nitrogens is 1.